The van der Waals surface area contributed by atoms with Gasteiger partial charge in [0.15, 0.2) is 0 Å². The van der Waals surface area contributed by atoms with Crippen LogP contribution in [-0.4, -0.2) is 4.98 Å². The zero-order valence-electron chi connectivity index (χ0n) is 7.11. The Bertz CT molecular complexity index is 390. The number of halogens is 1. The van der Waals surface area contributed by atoms with Gasteiger partial charge in [-0.05, 0) is 31.5 Å². The van der Waals surface area contributed by atoms with Crippen molar-refractivity contribution in [2.24, 2.45) is 0 Å². The van der Waals surface area contributed by atoms with Gasteiger partial charge in [-0.25, -0.2) is 0 Å². The van der Waals surface area contributed by atoms with Crippen molar-refractivity contribution < 1.29 is 0 Å². The van der Waals surface area contributed by atoms with E-state index in [9.17, 15) is 0 Å². The number of benzene rings is 1. The summed E-state index contributed by atoms with van der Waals surface area (Å²) in [6.45, 7) is 4.19. The minimum atomic E-state index is 1.16. The Kier molecular flexibility index (Phi) is 1.72. The summed E-state index contributed by atoms with van der Waals surface area (Å²) in [5, 5.41) is 1.27. The highest BCUT2D eigenvalue weighted by atomic mass is 79.9. The number of aryl methyl sites for hydroxylation is 2. The van der Waals surface area contributed by atoms with Gasteiger partial charge in [0.1, 0.15) is 0 Å². The maximum atomic E-state index is 3.52. The van der Waals surface area contributed by atoms with Crippen molar-refractivity contribution in [1.82, 2.24) is 4.98 Å². The molecular formula is C10H10BrN. The molecule has 0 atom stereocenters. The highest BCUT2D eigenvalue weighted by molar-refractivity contribution is 9.10. The summed E-state index contributed by atoms with van der Waals surface area (Å²) in [7, 11) is 0. The van der Waals surface area contributed by atoms with E-state index in [4.69, 9.17) is 0 Å². The van der Waals surface area contributed by atoms with Crippen LogP contribution in [0.1, 0.15) is 11.3 Å². The van der Waals surface area contributed by atoms with E-state index in [-0.39, 0.29) is 0 Å². The van der Waals surface area contributed by atoms with Crippen LogP contribution >= 0.6 is 15.9 Å². The van der Waals surface area contributed by atoms with Gasteiger partial charge in [0.25, 0.3) is 0 Å². The van der Waals surface area contributed by atoms with Crippen molar-refractivity contribution in [1.29, 1.82) is 0 Å². The van der Waals surface area contributed by atoms with E-state index in [0.29, 0.717) is 0 Å². The Morgan fingerprint density at radius 3 is 2.67 bits per heavy atom. The molecule has 0 fully saturated rings. The summed E-state index contributed by atoms with van der Waals surface area (Å²) >= 11 is 3.52. The third-order valence-corrected chi connectivity index (χ3v) is 2.78. The van der Waals surface area contributed by atoms with E-state index in [2.05, 4.69) is 53.0 Å². The maximum absolute atomic E-state index is 3.52. The van der Waals surface area contributed by atoms with E-state index in [1.54, 1.807) is 0 Å². The Balaban J connectivity index is 2.93. The molecule has 1 aromatic heterocycles. The normalized spacial score (nSPS) is 10.9. The molecule has 1 aromatic carbocycles. The predicted molar refractivity (Wildman–Crippen MR) is 55.5 cm³/mol. The minimum absolute atomic E-state index is 1.16. The molecule has 0 amide bonds. The molecule has 0 aliphatic heterocycles. The van der Waals surface area contributed by atoms with Crippen LogP contribution in [0.3, 0.4) is 0 Å². The zero-order chi connectivity index (χ0) is 8.72. The number of H-pyrrole nitrogens is 1. The molecule has 0 radical (unpaired) electrons. The SMILES string of the molecule is Cc1cc2c(Br)ccc(C)c2[nH]1. The number of rotatable bonds is 0. The first-order valence-corrected chi connectivity index (χ1v) is 4.72. The van der Waals surface area contributed by atoms with E-state index >= 15 is 0 Å². The average molecular weight is 224 g/mol. The summed E-state index contributed by atoms with van der Waals surface area (Å²) < 4.78 is 1.16. The third-order valence-electron chi connectivity index (χ3n) is 2.08. The second kappa shape index (κ2) is 2.63. The molecule has 0 unspecified atom stereocenters. The lowest BCUT2D eigenvalue weighted by Gasteiger charge is -1.97. The molecule has 1 nitrogen and oxygen atoms in total. The number of fused-ring (bicyclic) bond motifs is 1. The smallest absolute Gasteiger partial charge is 0.0497 e. The molecule has 0 spiro atoms. The lowest BCUT2D eigenvalue weighted by Crippen LogP contribution is -1.76. The largest absolute Gasteiger partial charge is 0.358 e. The van der Waals surface area contributed by atoms with Crippen molar-refractivity contribution in [3.63, 3.8) is 0 Å². The van der Waals surface area contributed by atoms with Crippen LogP contribution in [0.15, 0.2) is 22.7 Å². The van der Waals surface area contributed by atoms with Crippen LogP contribution in [0.5, 0.6) is 0 Å². The van der Waals surface area contributed by atoms with Gasteiger partial charge < -0.3 is 4.98 Å². The number of aromatic nitrogens is 1. The van der Waals surface area contributed by atoms with Crippen molar-refractivity contribution in [3.8, 4) is 0 Å². The first kappa shape index (κ1) is 7.87. The average Bonchev–Trinajstić information content (AvgIpc) is 2.41. The number of hydrogen-bond acceptors (Lipinski definition) is 0. The van der Waals surface area contributed by atoms with E-state index in [0.717, 1.165) is 4.47 Å². The second-order valence-corrected chi connectivity index (χ2v) is 3.96. The van der Waals surface area contributed by atoms with Crippen LogP contribution in [0.2, 0.25) is 0 Å². The predicted octanol–water partition coefficient (Wildman–Crippen LogP) is 3.55. The molecule has 2 rings (SSSR count). The molecular weight excluding hydrogens is 214 g/mol. The molecule has 2 aromatic rings. The number of hydrogen-bond donors (Lipinski definition) is 1. The van der Waals surface area contributed by atoms with Gasteiger partial charge in [0.05, 0.1) is 0 Å². The summed E-state index contributed by atoms with van der Waals surface area (Å²) in [5.41, 5.74) is 3.74. The van der Waals surface area contributed by atoms with Gasteiger partial charge in [0, 0.05) is 21.1 Å². The van der Waals surface area contributed by atoms with Crippen LogP contribution in [0, 0.1) is 13.8 Å². The topological polar surface area (TPSA) is 15.8 Å². The molecule has 1 N–H and O–H groups in total. The van der Waals surface area contributed by atoms with Gasteiger partial charge in [-0.1, -0.05) is 22.0 Å². The van der Waals surface area contributed by atoms with Gasteiger partial charge in [-0.3, -0.25) is 0 Å². The fourth-order valence-corrected chi connectivity index (χ4v) is 1.90. The number of aromatic amines is 1. The lowest BCUT2D eigenvalue weighted by molar-refractivity contribution is 1.29. The van der Waals surface area contributed by atoms with Crippen molar-refractivity contribution in [2.45, 2.75) is 13.8 Å². The highest BCUT2D eigenvalue weighted by Gasteiger charge is 2.03. The van der Waals surface area contributed by atoms with Gasteiger partial charge in [-0.15, -0.1) is 0 Å². The molecule has 0 aliphatic rings. The first-order valence-electron chi connectivity index (χ1n) is 3.93. The molecule has 0 bridgehead atoms. The van der Waals surface area contributed by atoms with Crippen LogP contribution in [-0.2, 0) is 0 Å². The van der Waals surface area contributed by atoms with Crippen molar-refractivity contribution in [3.05, 3.63) is 33.9 Å². The van der Waals surface area contributed by atoms with E-state index in [1.165, 1.54) is 22.2 Å². The fourth-order valence-electron chi connectivity index (χ4n) is 1.46. The zero-order valence-corrected chi connectivity index (χ0v) is 8.70. The first-order chi connectivity index (χ1) is 5.68. The van der Waals surface area contributed by atoms with E-state index in [1.807, 2.05) is 0 Å². The molecule has 12 heavy (non-hydrogen) atoms. The Labute approximate surface area is 79.9 Å². The van der Waals surface area contributed by atoms with Crippen molar-refractivity contribution in [2.75, 3.05) is 0 Å². The summed E-state index contributed by atoms with van der Waals surface area (Å²) in [6.07, 6.45) is 0. The standard InChI is InChI=1S/C10H10BrN/c1-6-3-4-9(11)8-5-7(2)12-10(6)8/h3-5,12H,1-2H3. The van der Waals surface area contributed by atoms with E-state index < -0.39 is 0 Å². The second-order valence-electron chi connectivity index (χ2n) is 3.11. The molecule has 1 heterocycles. The van der Waals surface area contributed by atoms with Gasteiger partial charge in [-0.2, -0.15) is 0 Å². The molecule has 0 saturated heterocycles. The van der Waals surface area contributed by atoms with Crippen LogP contribution in [0.25, 0.3) is 10.9 Å². The summed E-state index contributed by atoms with van der Waals surface area (Å²) in [4.78, 5) is 3.34. The monoisotopic (exact) mass is 223 g/mol. The van der Waals surface area contributed by atoms with Crippen molar-refractivity contribution >= 4 is 26.8 Å². The molecule has 2 heteroatoms. The lowest BCUT2D eigenvalue weighted by atomic mass is 10.2. The minimum Gasteiger partial charge on any atom is -0.358 e. The summed E-state index contributed by atoms with van der Waals surface area (Å²) in [5.74, 6) is 0. The summed E-state index contributed by atoms with van der Waals surface area (Å²) in [6, 6.07) is 6.36. The van der Waals surface area contributed by atoms with Crippen LogP contribution < -0.4 is 0 Å². The Morgan fingerprint density at radius 2 is 2.00 bits per heavy atom. The van der Waals surface area contributed by atoms with Gasteiger partial charge >= 0.3 is 0 Å². The van der Waals surface area contributed by atoms with Gasteiger partial charge in [0.2, 0.25) is 0 Å². The van der Waals surface area contributed by atoms with Crippen LogP contribution in [0.4, 0.5) is 0 Å². The number of nitrogens with one attached hydrogen (secondary N) is 1. The quantitative estimate of drug-likeness (QED) is 0.704. The molecule has 0 aliphatic carbocycles. The Hall–Kier alpha value is -0.760. The highest BCUT2D eigenvalue weighted by Crippen LogP contribution is 2.26. The fraction of sp³-hybridized carbons (Fsp3) is 0.200. The molecule has 62 valence electrons. The molecule has 0 saturated carbocycles. The Morgan fingerprint density at radius 1 is 1.25 bits per heavy atom. The maximum Gasteiger partial charge on any atom is 0.0497 e. The third kappa shape index (κ3) is 1.07.